The number of aromatic nitrogens is 1. The summed E-state index contributed by atoms with van der Waals surface area (Å²) in [5.41, 5.74) is 6.58. The fourth-order valence-electron chi connectivity index (χ4n) is 2.81. The van der Waals surface area contributed by atoms with E-state index < -0.39 is 0 Å². The van der Waals surface area contributed by atoms with E-state index in [0.717, 1.165) is 25.3 Å². The van der Waals surface area contributed by atoms with Crippen LogP contribution in [-0.4, -0.2) is 47.5 Å². The van der Waals surface area contributed by atoms with Gasteiger partial charge < -0.3 is 5.73 Å². The number of nitrogens with two attached hydrogens (primary N) is 1. The molecule has 0 saturated carbocycles. The molecule has 0 spiro atoms. The smallest absolute Gasteiger partial charge is 0.123 e. The maximum atomic E-state index is 6.16. The van der Waals surface area contributed by atoms with Crippen LogP contribution in [0.1, 0.15) is 25.5 Å². The van der Waals surface area contributed by atoms with Crippen molar-refractivity contribution in [1.82, 2.24) is 14.8 Å². The average Bonchev–Trinajstić information content (AvgIpc) is 2.81. The van der Waals surface area contributed by atoms with Crippen LogP contribution in [0.15, 0.2) is 12.1 Å². The molecular weight excluding hydrogens is 260 g/mol. The Morgan fingerprint density at radius 3 is 3.05 bits per heavy atom. The largest absolute Gasteiger partial charge is 0.384 e. The zero-order valence-corrected chi connectivity index (χ0v) is 12.5. The zero-order chi connectivity index (χ0) is 13.8. The van der Waals surface area contributed by atoms with Gasteiger partial charge in [-0.15, -0.1) is 0 Å². The van der Waals surface area contributed by atoms with E-state index in [-0.39, 0.29) is 0 Å². The average molecular weight is 283 g/mol. The van der Waals surface area contributed by atoms with Crippen molar-refractivity contribution in [3.63, 3.8) is 0 Å². The second-order valence-electron chi connectivity index (χ2n) is 5.29. The van der Waals surface area contributed by atoms with Crippen LogP contribution in [-0.2, 0) is 6.54 Å². The van der Waals surface area contributed by atoms with Crippen molar-refractivity contribution < 1.29 is 0 Å². The molecule has 4 nitrogen and oxygen atoms in total. The molecule has 1 aromatic heterocycles. The normalized spacial score (nSPS) is 20.3. The van der Waals surface area contributed by atoms with Crippen LogP contribution in [0.2, 0.25) is 5.02 Å². The third-order valence-corrected chi connectivity index (χ3v) is 4.13. The first-order chi connectivity index (χ1) is 9.10. The fourth-order valence-corrected chi connectivity index (χ4v) is 2.98. The summed E-state index contributed by atoms with van der Waals surface area (Å²) < 4.78 is 0. The van der Waals surface area contributed by atoms with Crippen LogP contribution in [0.5, 0.6) is 0 Å². The first kappa shape index (κ1) is 14.6. The van der Waals surface area contributed by atoms with Crippen LogP contribution in [0.4, 0.5) is 5.82 Å². The molecule has 1 saturated heterocycles. The molecule has 1 atom stereocenters. The summed E-state index contributed by atoms with van der Waals surface area (Å²) in [5.74, 6) is 0.531. The minimum Gasteiger partial charge on any atom is -0.384 e. The van der Waals surface area contributed by atoms with Gasteiger partial charge in [-0.1, -0.05) is 18.5 Å². The molecule has 0 aliphatic carbocycles. The minimum absolute atomic E-state index is 0.531. The number of nitrogens with zero attached hydrogens (tertiary/aromatic N) is 3. The third-order valence-electron chi connectivity index (χ3n) is 3.79. The van der Waals surface area contributed by atoms with Crippen molar-refractivity contribution >= 4 is 17.4 Å². The number of rotatable bonds is 5. The predicted octanol–water partition coefficient (Wildman–Crippen LogP) is 2.23. The number of likely N-dealkylation sites (N-methyl/N-ethyl adjacent to an activating group) is 2. The Balaban J connectivity index is 1.93. The van der Waals surface area contributed by atoms with Crippen LogP contribution in [0.3, 0.4) is 0 Å². The van der Waals surface area contributed by atoms with Crippen molar-refractivity contribution in [1.29, 1.82) is 0 Å². The van der Waals surface area contributed by atoms with E-state index in [9.17, 15) is 0 Å². The molecule has 2 N–H and O–H groups in total. The Hall–Kier alpha value is -0.840. The molecule has 1 unspecified atom stereocenters. The third kappa shape index (κ3) is 3.81. The number of anilines is 1. The van der Waals surface area contributed by atoms with Gasteiger partial charge >= 0.3 is 0 Å². The maximum Gasteiger partial charge on any atom is 0.123 e. The van der Waals surface area contributed by atoms with Crippen molar-refractivity contribution in [3.8, 4) is 0 Å². The molecule has 1 aliphatic rings. The predicted molar refractivity (Wildman–Crippen MR) is 80.3 cm³/mol. The summed E-state index contributed by atoms with van der Waals surface area (Å²) in [6.07, 6.45) is 2.60. The second kappa shape index (κ2) is 6.55. The quantitative estimate of drug-likeness (QED) is 0.900. The Morgan fingerprint density at radius 2 is 2.32 bits per heavy atom. The molecule has 2 rings (SSSR count). The molecule has 0 aromatic carbocycles. The fraction of sp³-hybridized carbons (Fsp3) is 0.643. The van der Waals surface area contributed by atoms with E-state index in [4.69, 9.17) is 17.3 Å². The lowest BCUT2D eigenvalue weighted by molar-refractivity contribution is 0.194. The number of likely N-dealkylation sites (tertiary alicyclic amines) is 1. The van der Waals surface area contributed by atoms with E-state index in [1.807, 2.05) is 6.07 Å². The van der Waals surface area contributed by atoms with Gasteiger partial charge in [-0.2, -0.15) is 0 Å². The molecule has 0 amide bonds. The van der Waals surface area contributed by atoms with Gasteiger partial charge in [-0.05, 0) is 45.1 Å². The summed E-state index contributed by atoms with van der Waals surface area (Å²) in [5, 5.41) is 0.694. The molecule has 19 heavy (non-hydrogen) atoms. The van der Waals surface area contributed by atoms with E-state index in [0.29, 0.717) is 16.9 Å². The highest BCUT2D eigenvalue weighted by Gasteiger charge is 2.24. The summed E-state index contributed by atoms with van der Waals surface area (Å²) in [6.45, 7) is 6.40. The molecule has 0 bridgehead atoms. The summed E-state index contributed by atoms with van der Waals surface area (Å²) >= 11 is 6.16. The van der Waals surface area contributed by atoms with Gasteiger partial charge in [0, 0.05) is 19.1 Å². The SMILES string of the molecule is CCN1CCCC1CN(C)Cc1nc(N)ccc1Cl. The summed E-state index contributed by atoms with van der Waals surface area (Å²) in [6, 6.07) is 4.22. The van der Waals surface area contributed by atoms with Crippen LogP contribution in [0.25, 0.3) is 0 Å². The molecule has 5 heteroatoms. The highest BCUT2D eigenvalue weighted by Crippen LogP contribution is 2.20. The lowest BCUT2D eigenvalue weighted by atomic mass is 10.2. The van der Waals surface area contributed by atoms with Gasteiger partial charge in [0.2, 0.25) is 0 Å². The highest BCUT2D eigenvalue weighted by atomic mass is 35.5. The standard InChI is InChI=1S/C14H23ClN4/c1-3-19-8-4-5-11(19)9-18(2)10-13-12(15)6-7-14(16)17-13/h6-7,11H,3-5,8-10H2,1-2H3,(H2,16,17). The number of pyridine rings is 1. The number of hydrogen-bond donors (Lipinski definition) is 1. The first-order valence-corrected chi connectivity index (χ1v) is 7.31. The lowest BCUT2D eigenvalue weighted by Gasteiger charge is -2.27. The van der Waals surface area contributed by atoms with Crippen LogP contribution in [0, 0.1) is 0 Å². The number of halogens is 1. The summed E-state index contributed by atoms with van der Waals surface area (Å²) in [4.78, 5) is 9.15. The van der Waals surface area contributed by atoms with Crippen molar-refractivity contribution in [2.75, 3.05) is 32.4 Å². The monoisotopic (exact) mass is 282 g/mol. The molecule has 2 heterocycles. The molecule has 106 valence electrons. The Bertz CT molecular complexity index is 424. The molecule has 1 aliphatic heterocycles. The molecule has 1 aromatic rings. The van der Waals surface area contributed by atoms with Gasteiger partial charge in [-0.25, -0.2) is 4.98 Å². The zero-order valence-electron chi connectivity index (χ0n) is 11.8. The maximum absolute atomic E-state index is 6.16. The van der Waals surface area contributed by atoms with Gasteiger partial charge in [0.05, 0.1) is 10.7 Å². The van der Waals surface area contributed by atoms with E-state index >= 15 is 0 Å². The Labute approximate surface area is 120 Å². The molecular formula is C14H23ClN4. The van der Waals surface area contributed by atoms with Gasteiger partial charge in [0.1, 0.15) is 5.82 Å². The first-order valence-electron chi connectivity index (χ1n) is 6.93. The van der Waals surface area contributed by atoms with E-state index in [1.54, 1.807) is 6.07 Å². The molecule has 1 fully saturated rings. The highest BCUT2D eigenvalue weighted by molar-refractivity contribution is 6.31. The van der Waals surface area contributed by atoms with Crippen molar-refractivity contribution in [3.05, 3.63) is 22.8 Å². The van der Waals surface area contributed by atoms with Gasteiger partial charge in [0.25, 0.3) is 0 Å². The van der Waals surface area contributed by atoms with Gasteiger partial charge in [-0.3, -0.25) is 9.80 Å². The molecule has 0 radical (unpaired) electrons. The van der Waals surface area contributed by atoms with Gasteiger partial charge in [0.15, 0.2) is 0 Å². The van der Waals surface area contributed by atoms with E-state index in [1.165, 1.54) is 19.4 Å². The number of hydrogen-bond acceptors (Lipinski definition) is 4. The number of nitrogen functional groups attached to an aromatic ring is 1. The van der Waals surface area contributed by atoms with E-state index in [2.05, 4.69) is 28.8 Å². The topological polar surface area (TPSA) is 45.4 Å². The minimum atomic E-state index is 0.531. The summed E-state index contributed by atoms with van der Waals surface area (Å²) in [7, 11) is 2.12. The Morgan fingerprint density at radius 1 is 1.53 bits per heavy atom. The van der Waals surface area contributed by atoms with Crippen LogP contribution >= 0.6 is 11.6 Å². The van der Waals surface area contributed by atoms with Crippen LogP contribution < -0.4 is 5.73 Å². The second-order valence-corrected chi connectivity index (χ2v) is 5.69. The lowest BCUT2D eigenvalue weighted by Crippen LogP contribution is -2.38. The van der Waals surface area contributed by atoms with Crippen molar-refractivity contribution in [2.24, 2.45) is 0 Å². The Kier molecular flexibility index (Phi) is 5.02. The van der Waals surface area contributed by atoms with Crippen molar-refractivity contribution in [2.45, 2.75) is 32.4 Å².